The largest absolute Gasteiger partial charge is 0.368 e. The van der Waals surface area contributed by atoms with Crippen LogP contribution < -0.4 is 5.73 Å². The second-order valence-electron chi connectivity index (χ2n) is 12.9. The van der Waals surface area contributed by atoms with E-state index in [0.717, 1.165) is 68.3 Å². The Morgan fingerprint density at radius 3 is 2.07 bits per heavy atom. The fraction of sp³-hybridized carbons (Fsp3) is 0.543. The van der Waals surface area contributed by atoms with Crippen LogP contribution in [0.15, 0.2) is 42.5 Å². The Bertz CT molecular complexity index is 1410. The van der Waals surface area contributed by atoms with Crippen LogP contribution in [0.5, 0.6) is 0 Å². The minimum absolute atomic E-state index is 0. The van der Waals surface area contributed by atoms with Crippen molar-refractivity contribution in [3.8, 4) is 0 Å². The highest BCUT2D eigenvalue weighted by atomic mass is 35.5. The van der Waals surface area contributed by atoms with Crippen molar-refractivity contribution in [2.45, 2.75) is 83.8 Å². The number of hydrogen-bond acceptors (Lipinski definition) is 4. The van der Waals surface area contributed by atoms with Gasteiger partial charge in [0, 0.05) is 42.1 Å². The number of amides is 2. The van der Waals surface area contributed by atoms with E-state index >= 15 is 0 Å². The molecule has 0 unspecified atom stereocenters. The summed E-state index contributed by atoms with van der Waals surface area (Å²) in [5.74, 6) is 0.195. The normalized spacial score (nSPS) is 19.0. The molecular formula is C35H49Cl2N5O2. The maximum absolute atomic E-state index is 14.4. The number of likely N-dealkylation sites (tertiary alicyclic amines) is 3. The van der Waals surface area contributed by atoms with Crippen molar-refractivity contribution >= 4 is 47.5 Å². The number of nitrogens with two attached hydrogens (primary N) is 1. The van der Waals surface area contributed by atoms with Crippen molar-refractivity contribution in [3.63, 3.8) is 0 Å². The molecule has 6 rings (SSSR count). The fourth-order valence-electron chi connectivity index (χ4n) is 8.04. The predicted octanol–water partition coefficient (Wildman–Crippen LogP) is 6.06. The lowest BCUT2D eigenvalue weighted by Gasteiger charge is -2.40. The first-order chi connectivity index (χ1) is 20.4. The number of hydrogen-bond donors (Lipinski definition) is 1. The molecule has 0 spiro atoms. The molecule has 2 N–H and O–H groups in total. The first-order valence-electron chi connectivity index (χ1n) is 16.1. The van der Waals surface area contributed by atoms with Crippen LogP contribution in [0.4, 0.5) is 0 Å². The van der Waals surface area contributed by atoms with Crippen LogP contribution in [-0.2, 0) is 17.9 Å². The average Bonchev–Trinajstić information content (AvgIpc) is 3.30. The van der Waals surface area contributed by atoms with E-state index in [1.807, 2.05) is 27.7 Å². The number of halogens is 2. The molecule has 2 amide bonds. The van der Waals surface area contributed by atoms with Gasteiger partial charge in [0.1, 0.15) is 12.2 Å². The van der Waals surface area contributed by atoms with Crippen molar-refractivity contribution < 1.29 is 9.59 Å². The van der Waals surface area contributed by atoms with E-state index in [1.165, 1.54) is 49.0 Å². The molecule has 2 aromatic carbocycles. The molecule has 4 heterocycles. The number of primary amides is 1. The molecule has 3 fully saturated rings. The molecule has 3 saturated heterocycles. The molecule has 0 bridgehead atoms. The molecule has 3 aromatic rings. The van der Waals surface area contributed by atoms with Gasteiger partial charge in [0.25, 0.3) is 5.91 Å². The maximum atomic E-state index is 14.4. The summed E-state index contributed by atoms with van der Waals surface area (Å²) in [6, 6.07) is 15.3. The summed E-state index contributed by atoms with van der Waals surface area (Å²) < 4.78 is 1.90. The summed E-state index contributed by atoms with van der Waals surface area (Å²) in [6.45, 7) is 11.1. The topological polar surface area (TPSA) is 74.8 Å². The minimum atomic E-state index is -0.422. The zero-order valence-corrected chi connectivity index (χ0v) is 27.9. The first kappa shape index (κ1) is 34.3. The summed E-state index contributed by atoms with van der Waals surface area (Å²) in [7, 11) is 0. The van der Waals surface area contributed by atoms with Gasteiger partial charge in [0.05, 0.1) is 0 Å². The zero-order chi connectivity index (χ0) is 29.2. The number of piperidine rings is 3. The van der Waals surface area contributed by atoms with Crippen molar-refractivity contribution in [3.05, 3.63) is 70.4 Å². The molecular weight excluding hydrogens is 593 g/mol. The van der Waals surface area contributed by atoms with E-state index in [2.05, 4.69) is 47.9 Å². The van der Waals surface area contributed by atoms with E-state index in [9.17, 15) is 9.59 Å². The maximum Gasteiger partial charge on any atom is 0.270 e. The molecule has 9 heteroatoms. The third-order valence-electron chi connectivity index (χ3n) is 10.2. The lowest BCUT2D eigenvalue weighted by molar-refractivity contribution is -0.118. The zero-order valence-electron chi connectivity index (χ0n) is 26.3. The highest BCUT2D eigenvalue weighted by molar-refractivity contribution is 6.02. The molecule has 44 heavy (non-hydrogen) atoms. The Hall–Kier alpha value is -2.58. The van der Waals surface area contributed by atoms with Crippen LogP contribution >= 0.6 is 24.8 Å². The molecule has 3 aliphatic rings. The molecule has 240 valence electrons. The Kier molecular flexibility index (Phi) is 11.8. The summed E-state index contributed by atoms with van der Waals surface area (Å²) in [6.07, 6.45) is 8.17. The Morgan fingerprint density at radius 2 is 1.43 bits per heavy atom. The number of para-hydroxylation sites is 1. The summed E-state index contributed by atoms with van der Waals surface area (Å²) in [5, 5.41) is 1.06. The molecule has 0 saturated carbocycles. The van der Waals surface area contributed by atoms with Crippen LogP contribution in [-0.4, -0.2) is 76.4 Å². The third-order valence-corrected chi connectivity index (χ3v) is 10.2. The van der Waals surface area contributed by atoms with E-state index in [1.54, 1.807) is 0 Å². The number of carbonyl (C=O) groups is 2. The number of fused-ring (bicyclic) bond motifs is 1. The monoisotopic (exact) mass is 641 g/mol. The van der Waals surface area contributed by atoms with E-state index in [-0.39, 0.29) is 37.3 Å². The SMILES string of the molecule is Cc1cccc(C)c1C1CCN(Cc2c(C(=O)N3CCC(N4CCCCC4)CC3)n(CC(N)=O)c3ccccc23)CC1.Cl.Cl. The fourth-order valence-corrected chi connectivity index (χ4v) is 8.04. The number of rotatable bonds is 7. The van der Waals surface area contributed by atoms with Crippen molar-refractivity contribution in [2.75, 3.05) is 39.3 Å². The van der Waals surface area contributed by atoms with Gasteiger partial charge in [0.15, 0.2) is 0 Å². The van der Waals surface area contributed by atoms with Gasteiger partial charge in [-0.1, -0.05) is 42.8 Å². The predicted molar refractivity (Wildman–Crippen MR) is 183 cm³/mol. The van der Waals surface area contributed by atoms with Gasteiger partial charge in [-0.2, -0.15) is 0 Å². The van der Waals surface area contributed by atoms with Gasteiger partial charge < -0.3 is 20.1 Å². The minimum Gasteiger partial charge on any atom is -0.368 e. The third kappa shape index (κ3) is 7.12. The molecule has 1 aromatic heterocycles. The van der Waals surface area contributed by atoms with Crippen molar-refractivity contribution in [2.24, 2.45) is 5.73 Å². The number of nitrogens with zero attached hydrogens (tertiary/aromatic N) is 4. The summed E-state index contributed by atoms with van der Waals surface area (Å²) in [5.41, 5.74) is 12.7. The highest BCUT2D eigenvalue weighted by Gasteiger charge is 2.33. The quantitative estimate of drug-likeness (QED) is 0.340. The van der Waals surface area contributed by atoms with Gasteiger partial charge in [-0.15, -0.1) is 24.8 Å². The highest BCUT2D eigenvalue weighted by Crippen LogP contribution is 2.35. The van der Waals surface area contributed by atoms with Crippen molar-refractivity contribution in [1.82, 2.24) is 19.3 Å². The summed E-state index contributed by atoms with van der Waals surface area (Å²) in [4.78, 5) is 33.8. The lowest BCUT2D eigenvalue weighted by Crippen LogP contribution is -2.48. The van der Waals surface area contributed by atoms with Crippen LogP contribution in [0, 0.1) is 13.8 Å². The number of benzene rings is 2. The van der Waals surface area contributed by atoms with E-state index < -0.39 is 5.91 Å². The van der Waals surface area contributed by atoms with Crippen LogP contribution in [0.2, 0.25) is 0 Å². The second-order valence-corrected chi connectivity index (χ2v) is 12.9. The van der Waals surface area contributed by atoms with Gasteiger partial charge >= 0.3 is 0 Å². The molecule has 0 aliphatic carbocycles. The smallest absolute Gasteiger partial charge is 0.270 e. The first-order valence-corrected chi connectivity index (χ1v) is 16.1. The number of aryl methyl sites for hydroxylation is 2. The van der Waals surface area contributed by atoms with Crippen LogP contribution in [0.3, 0.4) is 0 Å². The molecule has 0 radical (unpaired) electrons. The van der Waals surface area contributed by atoms with Gasteiger partial charge in [-0.05, 0) is 107 Å². The number of carbonyl (C=O) groups excluding carboxylic acids is 2. The Morgan fingerprint density at radius 1 is 0.795 bits per heavy atom. The standard InChI is InChI=1S/C35H47N5O2.2ClH/c1-25-9-8-10-26(2)33(25)27-13-19-37(20-14-27)23-30-29-11-4-5-12-31(29)40(24-32(36)41)34(30)35(42)39-21-15-28(16-22-39)38-17-6-3-7-18-38;;/h4-5,8-12,27-28H,3,6-7,13-24H2,1-2H3,(H2,36,41);2*1H. The van der Waals surface area contributed by atoms with Gasteiger partial charge in [-0.3, -0.25) is 14.5 Å². The van der Waals surface area contributed by atoms with E-state index in [0.29, 0.717) is 24.2 Å². The average molecular weight is 643 g/mol. The summed E-state index contributed by atoms with van der Waals surface area (Å²) >= 11 is 0. The Labute approximate surface area is 274 Å². The molecule has 7 nitrogen and oxygen atoms in total. The van der Waals surface area contributed by atoms with Gasteiger partial charge in [0.2, 0.25) is 5.91 Å². The Balaban J connectivity index is 0.00000221. The van der Waals surface area contributed by atoms with Crippen molar-refractivity contribution in [1.29, 1.82) is 0 Å². The van der Waals surface area contributed by atoms with Crippen LogP contribution in [0.1, 0.15) is 83.6 Å². The van der Waals surface area contributed by atoms with Crippen LogP contribution in [0.25, 0.3) is 10.9 Å². The van der Waals surface area contributed by atoms with E-state index in [4.69, 9.17) is 5.73 Å². The number of aromatic nitrogens is 1. The lowest BCUT2D eigenvalue weighted by atomic mass is 9.84. The molecule has 0 atom stereocenters. The van der Waals surface area contributed by atoms with Gasteiger partial charge in [-0.25, -0.2) is 0 Å². The second kappa shape index (κ2) is 15.1. The molecule has 3 aliphatic heterocycles.